The molecule has 1 aliphatic carbocycles. The fourth-order valence-electron chi connectivity index (χ4n) is 3.30. The van der Waals surface area contributed by atoms with Crippen molar-refractivity contribution in [2.45, 2.75) is 38.0 Å². The van der Waals surface area contributed by atoms with Crippen molar-refractivity contribution in [1.82, 2.24) is 15.0 Å². The Morgan fingerprint density at radius 2 is 2.00 bits per heavy atom. The van der Waals surface area contributed by atoms with Crippen LogP contribution in [0.25, 0.3) is 0 Å². The molecule has 1 unspecified atom stereocenters. The maximum Gasteiger partial charge on any atom is 0.240 e. The molecule has 0 radical (unpaired) electrons. The lowest BCUT2D eigenvalue weighted by molar-refractivity contribution is 0.0779. The summed E-state index contributed by atoms with van der Waals surface area (Å²) in [6, 6.07) is 3.70. The van der Waals surface area contributed by atoms with Gasteiger partial charge in [0.25, 0.3) is 0 Å². The Kier molecular flexibility index (Phi) is 3.90. The van der Waals surface area contributed by atoms with E-state index in [1.807, 2.05) is 12.1 Å². The fraction of sp³-hybridized carbons (Fsp3) is 0.529. The molecule has 0 amide bonds. The summed E-state index contributed by atoms with van der Waals surface area (Å²) in [6.45, 7) is 1.63. The summed E-state index contributed by atoms with van der Waals surface area (Å²) >= 11 is 0. The van der Waals surface area contributed by atoms with Crippen LogP contribution in [0.1, 0.15) is 47.7 Å². The zero-order chi connectivity index (χ0) is 16.7. The summed E-state index contributed by atoms with van der Waals surface area (Å²) in [5.74, 6) is 3.31. The van der Waals surface area contributed by atoms with Crippen LogP contribution in [0.3, 0.4) is 0 Å². The molecule has 1 atom stereocenters. The lowest BCUT2D eigenvalue weighted by Crippen LogP contribution is -2.33. The first kappa shape index (κ1) is 15.4. The van der Waals surface area contributed by atoms with Crippen LogP contribution in [0.5, 0.6) is 11.5 Å². The molecule has 1 N–H and O–H groups in total. The number of β-amino-alcohol motifs (C(OH)–C–C–N with tert-alkyl or cyclic N) is 1. The molecule has 7 nitrogen and oxygen atoms in total. The molecule has 1 aromatic heterocycles. The van der Waals surface area contributed by atoms with E-state index in [1.54, 1.807) is 14.2 Å². The highest BCUT2D eigenvalue weighted by molar-refractivity contribution is 5.51. The average molecular weight is 331 g/mol. The Bertz CT molecular complexity index is 741. The number of aliphatic hydroxyl groups excluding tert-OH is 1. The second kappa shape index (κ2) is 6.07. The number of methoxy groups -OCH3 is 2. The maximum atomic E-state index is 10.6. The molecule has 1 aromatic carbocycles. The van der Waals surface area contributed by atoms with Crippen molar-refractivity contribution in [2.24, 2.45) is 0 Å². The molecule has 24 heavy (non-hydrogen) atoms. The van der Waals surface area contributed by atoms with E-state index in [0.717, 1.165) is 35.5 Å². The maximum absolute atomic E-state index is 10.6. The second-order valence-electron chi connectivity index (χ2n) is 6.37. The quantitative estimate of drug-likeness (QED) is 0.897. The Balaban J connectivity index is 1.57. The van der Waals surface area contributed by atoms with E-state index < -0.39 is 6.10 Å². The van der Waals surface area contributed by atoms with Crippen LogP contribution in [-0.4, -0.2) is 40.9 Å². The molecule has 1 fully saturated rings. The third kappa shape index (κ3) is 2.74. The van der Waals surface area contributed by atoms with Crippen molar-refractivity contribution < 1.29 is 19.1 Å². The molecule has 2 aliphatic rings. The van der Waals surface area contributed by atoms with Gasteiger partial charge in [0.1, 0.15) is 11.5 Å². The summed E-state index contributed by atoms with van der Waals surface area (Å²) in [4.78, 5) is 6.55. The van der Waals surface area contributed by atoms with Gasteiger partial charge in [-0.3, -0.25) is 4.90 Å². The first-order valence-electron chi connectivity index (χ1n) is 8.16. The molecule has 128 valence electrons. The molecular formula is C17H21N3O4. The first-order valence-corrected chi connectivity index (χ1v) is 8.16. The lowest BCUT2D eigenvalue weighted by Gasteiger charge is -2.33. The number of hydrogen-bond donors (Lipinski definition) is 1. The van der Waals surface area contributed by atoms with Crippen LogP contribution in [0.4, 0.5) is 0 Å². The van der Waals surface area contributed by atoms with Gasteiger partial charge >= 0.3 is 0 Å². The highest BCUT2D eigenvalue weighted by Crippen LogP contribution is 2.40. The molecule has 0 saturated heterocycles. The van der Waals surface area contributed by atoms with Crippen LogP contribution in [0.15, 0.2) is 16.7 Å². The molecule has 7 heteroatoms. The van der Waals surface area contributed by atoms with Crippen LogP contribution in [0, 0.1) is 0 Å². The Morgan fingerprint density at radius 3 is 2.71 bits per heavy atom. The highest BCUT2D eigenvalue weighted by atomic mass is 16.5. The minimum absolute atomic E-state index is 0.472. The van der Waals surface area contributed by atoms with E-state index in [-0.39, 0.29) is 0 Å². The first-order chi connectivity index (χ1) is 11.7. The minimum atomic E-state index is -0.648. The van der Waals surface area contributed by atoms with Gasteiger partial charge in [0, 0.05) is 30.1 Å². The van der Waals surface area contributed by atoms with Crippen LogP contribution in [-0.2, 0) is 13.1 Å². The number of aromatic nitrogens is 2. The molecule has 1 saturated carbocycles. The highest BCUT2D eigenvalue weighted by Gasteiger charge is 2.32. The van der Waals surface area contributed by atoms with Gasteiger partial charge in [0.15, 0.2) is 5.82 Å². The fourth-order valence-corrected chi connectivity index (χ4v) is 3.30. The van der Waals surface area contributed by atoms with E-state index >= 15 is 0 Å². The number of benzene rings is 1. The third-order valence-electron chi connectivity index (χ3n) is 4.65. The monoisotopic (exact) mass is 331 g/mol. The summed E-state index contributed by atoms with van der Waals surface area (Å²) in [6.07, 6.45) is 1.64. The van der Waals surface area contributed by atoms with E-state index in [0.29, 0.717) is 37.2 Å². The van der Waals surface area contributed by atoms with Gasteiger partial charge in [-0.25, -0.2) is 0 Å². The average Bonchev–Trinajstić information content (AvgIpc) is 3.34. The summed E-state index contributed by atoms with van der Waals surface area (Å²) < 4.78 is 16.2. The van der Waals surface area contributed by atoms with Gasteiger partial charge < -0.3 is 19.1 Å². The molecule has 0 bridgehead atoms. The molecule has 0 spiro atoms. The van der Waals surface area contributed by atoms with Gasteiger partial charge in [0.2, 0.25) is 5.89 Å². The van der Waals surface area contributed by atoms with Crippen molar-refractivity contribution in [3.05, 3.63) is 35.0 Å². The third-order valence-corrected chi connectivity index (χ3v) is 4.65. The van der Waals surface area contributed by atoms with Crippen molar-refractivity contribution in [2.75, 3.05) is 20.8 Å². The zero-order valence-corrected chi connectivity index (χ0v) is 13.9. The second-order valence-corrected chi connectivity index (χ2v) is 6.37. The van der Waals surface area contributed by atoms with Crippen LogP contribution >= 0.6 is 0 Å². The Morgan fingerprint density at radius 1 is 1.25 bits per heavy atom. The predicted molar refractivity (Wildman–Crippen MR) is 84.9 cm³/mol. The van der Waals surface area contributed by atoms with Crippen molar-refractivity contribution in [1.29, 1.82) is 0 Å². The predicted octanol–water partition coefficient (Wildman–Crippen LogP) is 2.01. The number of hydrogen-bond acceptors (Lipinski definition) is 7. The van der Waals surface area contributed by atoms with E-state index in [4.69, 9.17) is 14.0 Å². The van der Waals surface area contributed by atoms with Gasteiger partial charge in [-0.15, -0.1) is 0 Å². The van der Waals surface area contributed by atoms with E-state index in [1.165, 1.54) is 0 Å². The van der Waals surface area contributed by atoms with Crippen molar-refractivity contribution in [3.63, 3.8) is 0 Å². The number of ether oxygens (including phenoxy) is 2. The van der Waals surface area contributed by atoms with E-state index in [9.17, 15) is 5.11 Å². The van der Waals surface area contributed by atoms with Gasteiger partial charge in [0.05, 0.1) is 26.9 Å². The standard InChI is InChI=1S/C17H21N3O4/c1-22-13-5-6-14(23-2)16-11(13)7-20(8-12(16)21)9-15-18-17(19-24-15)10-3-4-10/h5-6,10,12,21H,3-4,7-9H2,1-2H3. The normalized spacial score (nSPS) is 20.7. The van der Waals surface area contributed by atoms with Crippen molar-refractivity contribution in [3.8, 4) is 11.5 Å². The number of aliphatic hydroxyl groups is 1. The lowest BCUT2D eigenvalue weighted by atomic mass is 9.95. The molecule has 4 rings (SSSR count). The topological polar surface area (TPSA) is 80.9 Å². The smallest absolute Gasteiger partial charge is 0.240 e. The molecule has 1 aliphatic heterocycles. The number of nitrogens with zero attached hydrogens (tertiary/aromatic N) is 3. The largest absolute Gasteiger partial charge is 0.496 e. The van der Waals surface area contributed by atoms with Gasteiger partial charge in [-0.1, -0.05) is 5.16 Å². The zero-order valence-electron chi connectivity index (χ0n) is 13.9. The molecule has 2 heterocycles. The minimum Gasteiger partial charge on any atom is -0.496 e. The number of rotatable bonds is 5. The van der Waals surface area contributed by atoms with Crippen LogP contribution in [0.2, 0.25) is 0 Å². The van der Waals surface area contributed by atoms with Gasteiger partial charge in [-0.05, 0) is 25.0 Å². The Labute approximate surface area is 140 Å². The molecular weight excluding hydrogens is 310 g/mol. The van der Waals surface area contributed by atoms with Crippen molar-refractivity contribution >= 4 is 0 Å². The van der Waals surface area contributed by atoms with E-state index in [2.05, 4.69) is 15.0 Å². The van der Waals surface area contributed by atoms with Crippen LogP contribution < -0.4 is 9.47 Å². The molecule has 2 aromatic rings. The SMILES string of the molecule is COc1ccc(OC)c2c1CN(Cc1nc(C3CC3)no1)CC2O. The Hall–Kier alpha value is -2.12. The van der Waals surface area contributed by atoms with Gasteiger partial charge in [-0.2, -0.15) is 4.98 Å². The summed E-state index contributed by atoms with van der Waals surface area (Å²) in [7, 11) is 3.24. The summed E-state index contributed by atoms with van der Waals surface area (Å²) in [5.41, 5.74) is 1.75. The summed E-state index contributed by atoms with van der Waals surface area (Å²) in [5, 5.41) is 14.6. The number of fused-ring (bicyclic) bond motifs is 1.